The van der Waals surface area contributed by atoms with Crippen LogP contribution in [0.2, 0.25) is 0 Å². The second kappa shape index (κ2) is 27.9. The highest BCUT2D eigenvalue weighted by Gasteiger charge is 2.32. The summed E-state index contributed by atoms with van der Waals surface area (Å²) in [4.78, 5) is 97.0. The molecule has 2 rings (SSSR count). The Labute approximate surface area is 377 Å². The predicted octanol–water partition coefficient (Wildman–Crippen LogP) is -0.340. The molecule has 19 nitrogen and oxygen atoms in total. The van der Waals surface area contributed by atoms with Gasteiger partial charge in [-0.05, 0) is 86.6 Å². The molecule has 0 aliphatic heterocycles. The highest BCUT2D eigenvalue weighted by molar-refractivity contribution is 5.96. The fourth-order valence-electron chi connectivity index (χ4n) is 6.81. The molecule has 0 aliphatic rings. The van der Waals surface area contributed by atoms with Crippen molar-refractivity contribution in [1.82, 2.24) is 37.2 Å². The summed E-state index contributed by atoms with van der Waals surface area (Å²) >= 11 is 0. The lowest BCUT2D eigenvalue weighted by Crippen LogP contribution is -2.59. The van der Waals surface area contributed by atoms with Gasteiger partial charge in [-0.15, -0.1) is 0 Å². The highest BCUT2D eigenvalue weighted by atomic mass is 16.2. The number of benzene rings is 2. The van der Waals surface area contributed by atoms with Crippen molar-refractivity contribution in [3.8, 4) is 11.1 Å². The minimum absolute atomic E-state index is 0.00429. The molecule has 0 saturated carbocycles. The van der Waals surface area contributed by atoms with Crippen LogP contribution in [0, 0.1) is 17.8 Å². The lowest BCUT2D eigenvalue weighted by atomic mass is 9.99. The van der Waals surface area contributed by atoms with Gasteiger partial charge in [0, 0.05) is 6.54 Å². The summed E-state index contributed by atoms with van der Waals surface area (Å²) in [6, 6.07) is 11.7. The number of carbonyl (C=O) groups excluding carboxylic acids is 7. The Morgan fingerprint density at radius 3 is 1.61 bits per heavy atom. The van der Waals surface area contributed by atoms with Gasteiger partial charge >= 0.3 is 0 Å². The first kappa shape index (κ1) is 54.1. The Balaban J connectivity index is 2.16. The molecule has 2 aromatic rings. The molecule has 0 radical (unpaired) electrons. The molecule has 7 amide bonds. The van der Waals surface area contributed by atoms with Gasteiger partial charge in [0.25, 0.3) is 0 Å². The van der Waals surface area contributed by atoms with Crippen molar-refractivity contribution in [3.05, 3.63) is 60.2 Å². The number of likely N-dealkylation sites (N-methyl/N-ethyl adjacent to an activating group) is 1. The lowest BCUT2D eigenvalue weighted by molar-refractivity contribution is -0.135. The normalized spacial score (nSPS) is 14.0. The summed E-state index contributed by atoms with van der Waals surface area (Å²) in [7, 11) is 1.65. The molecule has 0 fully saturated rings. The molecule has 0 spiro atoms. The predicted molar refractivity (Wildman–Crippen MR) is 248 cm³/mol. The molecule has 15 N–H and O–H groups in total. The molecule has 2 aromatic carbocycles. The molecular weight excluding hydrogens is 821 g/mol. The van der Waals surface area contributed by atoms with E-state index in [9.17, 15) is 33.6 Å². The number of hydrogen-bond acceptors (Lipinski definition) is 10. The molecule has 0 aromatic heterocycles. The zero-order chi connectivity index (χ0) is 47.9. The molecule has 6 atom stereocenters. The Bertz CT molecular complexity index is 1850. The first-order valence-corrected chi connectivity index (χ1v) is 21.9. The van der Waals surface area contributed by atoms with Gasteiger partial charge in [0.2, 0.25) is 41.4 Å². The van der Waals surface area contributed by atoms with E-state index in [0.29, 0.717) is 12.8 Å². The first-order chi connectivity index (χ1) is 30.2. The molecule has 0 saturated heterocycles. The van der Waals surface area contributed by atoms with Gasteiger partial charge in [-0.2, -0.15) is 0 Å². The number of hydrogen-bond donors (Lipinski definition) is 11. The highest BCUT2D eigenvalue weighted by Crippen LogP contribution is 2.20. The molecule has 354 valence electrons. The summed E-state index contributed by atoms with van der Waals surface area (Å²) in [5, 5.41) is 19.0. The van der Waals surface area contributed by atoms with E-state index in [2.05, 4.69) is 42.2 Å². The van der Waals surface area contributed by atoms with Crippen LogP contribution >= 0.6 is 0 Å². The van der Waals surface area contributed by atoms with E-state index in [1.165, 1.54) is 0 Å². The summed E-state index contributed by atoms with van der Waals surface area (Å²) in [6.07, 6.45) is 1.21. The number of nitrogens with two attached hydrogens (primary N) is 4. The Kier molecular flexibility index (Phi) is 23.5. The average Bonchev–Trinajstić information content (AvgIpc) is 3.23. The van der Waals surface area contributed by atoms with Crippen molar-refractivity contribution in [3.63, 3.8) is 0 Å². The average molecular weight is 893 g/mol. The van der Waals surface area contributed by atoms with E-state index in [4.69, 9.17) is 22.9 Å². The Morgan fingerprint density at radius 1 is 0.594 bits per heavy atom. The molecule has 64 heavy (non-hydrogen) atoms. The summed E-state index contributed by atoms with van der Waals surface area (Å²) in [6.45, 7) is 10.5. The number of rotatable bonds is 28. The van der Waals surface area contributed by atoms with Gasteiger partial charge < -0.3 is 60.2 Å². The fourth-order valence-corrected chi connectivity index (χ4v) is 6.81. The quantitative estimate of drug-likeness (QED) is 0.0298. The van der Waals surface area contributed by atoms with Crippen LogP contribution in [0.3, 0.4) is 0 Å². The Morgan fingerprint density at radius 2 is 1.09 bits per heavy atom. The van der Waals surface area contributed by atoms with Gasteiger partial charge in [-0.3, -0.25) is 38.6 Å². The number of nitrogens with one attached hydrogen (secondary N) is 7. The SMILES string of the molecule is CNC(Cc1ccc(-c2ccccc2)cc1)C(=O)NC(CCCN=C(N)N)C(=O)NCC(=O)N[C@H](CC(C)C)C(=O)NC(CCN)C(=O)NC(CC(C)C)C(=O)NC(C(N)=O)C(C)C. The molecule has 0 aliphatic carbocycles. The van der Waals surface area contributed by atoms with Crippen LogP contribution in [0.15, 0.2) is 59.6 Å². The van der Waals surface area contributed by atoms with E-state index in [-0.39, 0.29) is 62.5 Å². The van der Waals surface area contributed by atoms with E-state index in [0.717, 1.165) is 16.7 Å². The van der Waals surface area contributed by atoms with Gasteiger partial charge in [0.1, 0.15) is 30.2 Å². The van der Waals surface area contributed by atoms with Crippen LogP contribution in [0.25, 0.3) is 11.1 Å². The van der Waals surface area contributed by atoms with Crippen LogP contribution < -0.4 is 60.2 Å². The second-order valence-electron chi connectivity index (χ2n) is 17.0. The van der Waals surface area contributed by atoms with E-state index in [1.807, 2.05) is 82.3 Å². The molecule has 0 bridgehead atoms. The second-order valence-corrected chi connectivity index (χ2v) is 17.0. The van der Waals surface area contributed by atoms with E-state index < -0.39 is 84.1 Å². The monoisotopic (exact) mass is 893 g/mol. The van der Waals surface area contributed by atoms with Crippen LogP contribution in [0.1, 0.15) is 79.2 Å². The fraction of sp³-hybridized carbons (Fsp3) is 0.556. The zero-order valence-electron chi connectivity index (χ0n) is 38.4. The summed E-state index contributed by atoms with van der Waals surface area (Å²) in [5.74, 6) is -5.01. The van der Waals surface area contributed by atoms with Gasteiger partial charge in [-0.25, -0.2) is 0 Å². The maximum Gasteiger partial charge on any atom is 0.243 e. The van der Waals surface area contributed by atoms with Gasteiger partial charge in [0.05, 0.1) is 12.6 Å². The lowest BCUT2D eigenvalue weighted by Gasteiger charge is -2.28. The number of amides is 7. The minimum Gasteiger partial charge on any atom is -0.370 e. The third-order valence-electron chi connectivity index (χ3n) is 10.2. The maximum atomic E-state index is 13.7. The Hall–Kier alpha value is -6.08. The minimum atomic E-state index is -1.18. The maximum absolute atomic E-state index is 13.7. The van der Waals surface area contributed by atoms with E-state index in [1.54, 1.807) is 20.9 Å². The standard InChI is InChI=1S/C45H72N12O7/c1-26(2)22-35(43(63)55-33(19-20-46)41(61)56-36(23-27(3)4)44(64)57-38(28(5)6)39(47)59)53-37(58)25-52-40(60)32(14-11-21-51-45(48)49)54-42(62)34(50-7)24-29-15-17-31(18-16-29)30-12-9-8-10-13-30/h8-10,12-13,15-18,26-28,32-36,38,50H,11,14,19-25,46H2,1-7H3,(H2,47,59)(H,52,60)(H,53,58)(H,54,62)(H,55,63)(H,56,61)(H,57,64)(H4,48,49,51)/t32?,33?,34?,35-,36?,38?/m1/s1. The van der Waals surface area contributed by atoms with Crippen molar-refractivity contribution < 1.29 is 33.6 Å². The topological polar surface area (TPSA) is 320 Å². The number of nitrogens with zero attached hydrogens (tertiary/aromatic N) is 1. The van der Waals surface area contributed by atoms with Crippen LogP contribution in [-0.2, 0) is 40.0 Å². The summed E-state index contributed by atoms with van der Waals surface area (Å²) in [5.41, 5.74) is 25.3. The molecule has 0 heterocycles. The van der Waals surface area contributed by atoms with Crippen molar-refractivity contribution in [1.29, 1.82) is 0 Å². The zero-order valence-corrected chi connectivity index (χ0v) is 38.4. The van der Waals surface area contributed by atoms with Crippen LogP contribution in [0.5, 0.6) is 0 Å². The van der Waals surface area contributed by atoms with Crippen LogP contribution in [0.4, 0.5) is 0 Å². The molecule has 5 unspecified atom stereocenters. The van der Waals surface area contributed by atoms with Gasteiger partial charge in [-0.1, -0.05) is 96.1 Å². The first-order valence-electron chi connectivity index (χ1n) is 21.9. The summed E-state index contributed by atoms with van der Waals surface area (Å²) < 4.78 is 0. The third kappa shape index (κ3) is 19.5. The number of primary amides is 1. The number of aliphatic imine (C=N–C) groups is 1. The number of guanidine groups is 1. The molecular formula is C45H72N12O7. The van der Waals surface area contributed by atoms with Crippen molar-refractivity contribution in [2.45, 2.75) is 116 Å². The largest absolute Gasteiger partial charge is 0.370 e. The number of carbonyl (C=O) groups is 7. The van der Waals surface area contributed by atoms with Crippen molar-refractivity contribution in [2.24, 2.45) is 45.7 Å². The van der Waals surface area contributed by atoms with Gasteiger partial charge in [0.15, 0.2) is 5.96 Å². The van der Waals surface area contributed by atoms with Crippen molar-refractivity contribution in [2.75, 3.05) is 26.7 Å². The van der Waals surface area contributed by atoms with Crippen molar-refractivity contribution >= 4 is 47.3 Å². The van der Waals surface area contributed by atoms with Crippen LogP contribution in [-0.4, -0.2) is 110 Å². The third-order valence-corrected chi connectivity index (χ3v) is 10.2. The smallest absolute Gasteiger partial charge is 0.243 e. The van der Waals surface area contributed by atoms with E-state index >= 15 is 0 Å². The molecule has 19 heteroatoms.